The first kappa shape index (κ1) is 103. The number of nitrogens with zero attached hydrogens (tertiary/aromatic N) is 12. The molecular formula is C87H150N12. The van der Waals surface area contributed by atoms with Crippen molar-refractivity contribution in [2.45, 2.75) is 310 Å². The minimum absolute atomic E-state index is 0.576. The lowest BCUT2D eigenvalue weighted by molar-refractivity contribution is 0.736. The van der Waals surface area contributed by atoms with Gasteiger partial charge in [-0.15, -0.1) is 0 Å². The standard InChI is InChI=1S/2C12H19N.2C8H11N.3C6H8N2.C5H6N2.6C4H10/c1-7(2)12-8(3)10(5)13-11(6)9(12)4;1-7(2)12-9(4)8(3)10(5)13-11(12)6;1-6-4-7(2)9-8(3)5-6;1-6-4-5-7(2)9-8(6)3;1-5-3-7-4-8-6(5)2;1-5-3-6(2)8-4-7-5;1-5-3-4-7-6(2)8-5;1-5-2-3-6-4-7-5;6*1-4(2)3/h2*7H,1-6H3;2*4-5H,1-3H3;3*3-4H,1-2H3;2-4H,1H3;6*4H,1-3H3. The molecule has 0 aromatic carbocycles. The lowest BCUT2D eigenvalue weighted by Crippen LogP contribution is -2.03. The summed E-state index contributed by atoms with van der Waals surface area (Å²) in [5, 5.41) is 0. The fourth-order valence-electron chi connectivity index (χ4n) is 7.73. The summed E-state index contributed by atoms with van der Waals surface area (Å²) < 4.78 is 0. The maximum atomic E-state index is 4.56. The summed E-state index contributed by atoms with van der Waals surface area (Å²) in [4.78, 5) is 48.8. The van der Waals surface area contributed by atoms with Crippen molar-refractivity contribution in [1.82, 2.24) is 59.8 Å². The van der Waals surface area contributed by atoms with Gasteiger partial charge in [-0.3, -0.25) is 19.9 Å². The molecule has 12 nitrogen and oxygen atoms in total. The van der Waals surface area contributed by atoms with Crippen LogP contribution in [0.4, 0.5) is 0 Å². The highest BCUT2D eigenvalue weighted by molar-refractivity contribution is 5.41. The van der Waals surface area contributed by atoms with E-state index in [2.05, 4.69) is 300 Å². The molecule has 0 unspecified atom stereocenters. The Morgan fingerprint density at radius 1 is 0.242 bits per heavy atom. The van der Waals surface area contributed by atoms with Gasteiger partial charge in [0.05, 0.1) is 0 Å². The fraction of sp³-hybridized carbons (Fsp3) is 0.586. The average Bonchev–Trinajstić information content (AvgIpc) is 0.822. The maximum absolute atomic E-state index is 4.56. The van der Waals surface area contributed by atoms with Crippen LogP contribution >= 0.6 is 0 Å². The zero-order valence-electron chi connectivity index (χ0n) is 72.0. The molecule has 0 spiro atoms. The van der Waals surface area contributed by atoms with Gasteiger partial charge in [0, 0.05) is 92.6 Å². The Labute approximate surface area is 611 Å². The van der Waals surface area contributed by atoms with E-state index in [1.807, 2.05) is 107 Å². The number of rotatable bonds is 2. The van der Waals surface area contributed by atoms with Gasteiger partial charge in [-0.05, 0) is 279 Å². The van der Waals surface area contributed by atoms with Gasteiger partial charge >= 0.3 is 0 Å². The van der Waals surface area contributed by atoms with Gasteiger partial charge in [0.25, 0.3) is 0 Å². The first-order chi connectivity index (χ1) is 45.4. The zero-order chi connectivity index (χ0) is 78.6. The van der Waals surface area contributed by atoms with Crippen molar-refractivity contribution in [3.8, 4) is 0 Å². The summed E-state index contributed by atoms with van der Waals surface area (Å²) in [6.07, 6.45) is 9.96. The normalized spacial score (nSPS) is 9.69. The van der Waals surface area contributed by atoms with Gasteiger partial charge in [-0.1, -0.05) is 158 Å². The molecule has 0 aliphatic rings. The number of aryl methyl sites for hydroxylation is 17. The topological polar surface area (TPSA) is 155 Å². The molecule has 0 fully saturated rings. The highest BCUT2D eigenvalue weighted by atomic mass is 14.9. The van der Waals surface area contributed by atoms with Crippen molar-refractivity contribution in [1.29, 1.82) is 0 Å². The molecule has 0 atom stereocenters. The van der Waals surface area contributed by atoms with E-state index in [0.717, 1.165) is 98.1 Å². The van der Waals surface area contributed by atoms with E-state index < -0.39 is 0 Å². The van der Waals surface area contributed by atoms with Gasteiger partial charge in [0.15, 0.2) is 0 Å². The Morgan fingerprint density at radius 3 is 0.889 bits per heavy atom. The van der Waals surface area contributed by atoms with Crippen LogP contribution in [0.15, 0.2) is 80.0 Å². The van der Waals surface area contributed by atoms with E-state index in [0.29, 0.717) is 11.8 Å². The lowest BCUT2D eigenvalue weighted by Gasteiger charge is -2.16. The molecule has 8 aromatic rings. The minimum Gasteiger partial charge on any atom is -0.258 e. The van der Waals surface area contributed by atoms with Crippen molar-refractivity contribution in [2.75, 3.05) is 0 Å². The van der Waals surface area contributed by atoms with Crippen LogP contribution in [0.5, 0.6) is 0 Å². The maximum Gasteiger partial charge on any atom is 0.125 e. The first-order valence-electron chi connectivity index (χ1n) is 36.1. The van der Waals surface area contributed by atoms with Crippen LogP contribution in [0.25, 0.3) is 0 Å². The second kappa shape index (κ2) is 59.8. The smallest absolute Gasteiger partial charge is 0.125 e. The van der Waals surface area contributed by atoms with Gasteiger partial charge in [-0.25, -0.2) is 39.9 Å². The molecule has 8 heterocycles. The molecule has 8 rings (SSSR count). The van der Waals surface area contributed by atoms with Crippen molar-refractivity contribution >= 4 is 0 Å². The van der Waals surface area contributed by atoms with Crippen LogP contribution in [0.2, 0.25) is 0 Å². The molecule has 0 N–H and O–H groups in total. The van der Waals surface area contributed by atoms with E-state index >= 15 is 0 Å². The van der Waals surface area contributed by atoms with E-state index in [4.69, 9.17) is 0 Å². The molecule has 0 aliphatic heterocycles. The summed E-state index contributed by atoms with van der Waals surface area (Å²) >= 11 is 0. The van der Waals surface area contributed by atoms with Crippen LogP contribution in [0, 0.1) is 181 Å². The summed E-state index contributed by atoms with van der Waals surface area (Å²) in [5.74, 6) is 7.01. The van der Waals surface area contributed by atoms with Gasteiger partial charge < -0.3 is 0 Å². The number of hydrogen-bond acceptors (Lipinski definition) is 12. The molecule has 0 aliphatic carbocycles. The molecule has 0 saturated heterocycles. The van der Waals surface area contributed by atoms with E-state index in [1.165, 1.54) is 73.6 Å². The van der Waals surface area contributed by atoms with Crippen molar-refractivity contribution in [3.63, 3.8) is 0 Å². The predicted molar refractivity (Wildman–Crippen MR) is 436 cm³/mol. The largest absolute Gasteiger partial charge is 0.258 e. The van der Waals surface area contributed by atoms with Crippen molar-refractivity contribution < 1.29 is 0 Å². The SMILES string of the molecule is CC(C)C.CC(C)C.CC(C)C.CC(C)C.CC(C)C.CC(C)C.Cc1cc(C)nc(C)c1.Cc1cc(C)ncn1.Cc1ccc(C)c(C)n1.Cc1ccnc(C)n1.Cc1ccncn1.Cc1cncnc1C.Cc1nc(C)c(C(C)C)c(C)c1C.Cc1nc(C)c(C)c(C(C)C)c1C. The average molecular weight is 1360 g/mol. The predicted octanol–water partition coefficient (Wildman–Crippen LogP) is 24.9. The number of aromatic nitrogens is 12. The zero-order valence-corrected chi connectivity index (χ0v) is 72.0. The minimum atomic E-state index is 0.576. The second-order valence-electron chi connectivity index (χ2n) is 30.1. The third-order valence-corrected chi connectivity index (χ3v) is 12.1. The van der Waals surface area contributed by atoms with Gasteiger partial charge in [-0.2, -0.15) is 0 Å². The molecule has 0 radical (unpaired) electrons. The fourth-order valence-corrected chi connectivity index (χ4v) is 7.73. The molecule has 0 amide bonds. The Balaban J connectivity index is -0.000000240. The van der Waals surface area contributed by atoms with E-state index in [1.54, 1.807) is 25.0 Å². The molecule has 12 heteroatoms. The summed E-state index contributed by atoms with van der Waals surface area (Å²) in [5.41, 5.74) is 26.4. The molecular weight excluding hydrogens is 1210 g/mol. The number of pyridine rings is 4. The van der Waals surface area contributed by atoms with Gasteiger partial charge in [0.1, 0.15) is 24.8 Å². The van der Waals surface area contributed by atoms with Gasteiger partial charge in [0.2, 0.25) is 0 Å². The third kappa shape index (κ3) is 65.3. The summed E-state index contributed by atoms with van der Waals surface area (Å²) in [6.45, 7) is 90.9. The number of hydrogen-bond donors (Lipinski definition) is 0. The van der Waals surface area contributed by atoms with E-state index in [9.17, 15) is 0 Å². The van der Waals surface area contributed by atoms with Crippen molar-refractivity contribution in [2.24, 2.45) is 35.5 Å². The highest BCUT2D eigenvalue weighted by Gasteiger charge is 2.13. The van der Waals surface area contributed by atoms with Crippen LogP contribution in [-0.4, -0.2) is 59.8 Å². The molecule has 0 bridgehead atoms. The van der Waals surface area contributed by atoms with E-state index in [-0.39, 0.29) is 0 Å². The quantitative estimate of drug-likeness (QED) is 0.162. The first-order valence-corrected chi connectivity index (χ1v) is 36.1. The monoisotopic (exact) mass is 1360 g/mol. The van der Waals surface area contributed by atoms with Crippen LogP contribution in [-0.2, 0) is 0 Å². The molecule has 8 aromatic heterocycles. The highest BCUT2D eigenvalue weighted by Crippen LogP contribution is 2.27. The molecule has 99 heavy (non-hydrogen) atoms. The van der Waals surface area contributed by atoms with Crippen LogP contribution < -0.4 is 0 Å². The Hall–Kier alpha value is -7.08. The Kier molecular flexibility index (Phi) is 62.1. The molecule has 558 valence electrons. The Morgan fingerprint density at radius 2 is 0.616 bits per heavy atom. The molecule has 0 saturated carbocycles. The van der Waals surface area contributed by atoms with Crippen LogP contribution in [0.1, 0.15) is 294 Å². The second-order valence-corrected chi connectivity index (χ2v) is 30.1. The van der Waals surface area contributed by atoms with Crippen LogP contribution in [0.3, 0.4) is 0 Å². The Bertz CT molecular complexity index is 3050. The third-order valence-electron chi connectivity index (χ3n) is 12.1. The van der Waals surface area contributed by atoms with Crippen molar-refractivity contribution in [3.05, 3.63) is 210 Å². The lowest BCUT2D eigenvalue weighted by atomic mass is 9.92. The summed E-state index contributed by atoms with van der Waals surface area (Å²) in [6, 6.07) is 14.0. The summed E-state index contributed by atoms with van der Waals surface area (Å²) in [7, 11) is 0.